The summed E-state index contributed by atoms with van der Waals surface area (Å²) in [4.78, 5) is 0. The zero-order valence-electron chi connectivity index (χ0n) is 34.8. The van der Waals surface area contributed by atoms with E-state index in [4.69, 9.17) is 0 Å². The van der Waals surface area contributed by atoms with Crippen molar-refractivity contribution < 1.29 is 0 Å². The van der Waals surface area contributed by atoms with Crippen molar-refractivity contribution in [3.63, 3.8) is 0 Å². The molecule has 63 heavy (non-hydrogen) atoms. The lowest BCUT2D eigenvalue weighted by Crippen LogP contribution is -1.99. The molecule has 0 aliphatic heterocycles. The van der Waals surface area contributed by atoms with E-state index in [0.717, 1.165) is 0 Å². The molecule has 1 saturated carbocycles. The van der Waals surface area contributed by atoms with Gasteiger partial charge in [-0.3, -0.25) is 0 Å². The standard InChI is InChI=1S/C63H42/c1-3-11-40(12-4-1)50-31-34-56-60(37-50)62(45-24-19-43(20-25-45)48-28-23-42-15-7-8-16-47(42)35-48)55-33-30-51(41-13-5-2-6-14-41)38-61(55)63(56)46-26-21-44(22-27-46)49-29-32-54-57(36-49)52-17-9-10-18-53(52)58-39-59(54)58/h1-38,58-59H,39H2. The maximum Gasteiger partial charge on any atom is -0.00261 e. The van der Waals surface area contributed by atoms with Gasteiger partial charge in [-0.1, -0.05) is 206 Å². The molecule has 11 aromatic carbocycles. The Morgan fingerprint density at radius 2 is 0.651 bits per heavy atom. The molecule has 0 spiro atoms. The highest BCUT2D eigenvalue weighted by molar-refractivity contribution is 6.22. The van der Waals surface area contributed by atoms with E-state index in [0.29, 0.717) is 11.8 Å². The summed E-state index contributed by atoms with van der Waals surface area (Å²) in [6.07, 6.45) is 1.27. The summed E-state index contributed by atoms with van der Waals surface area (Å²) in [5, 5.41) is 7.51. The smallest absolute Gasteiger partial charge is 0.00261 e. The fourth-order valence-corrected chi connectivity index (χ4v) is 10.7. The molecule has 0 saturated heterocycles. The van der Waals surface area contributed by atoms with E-state index in [1.165, 1.54) is 128 Å². The summed E-state index contributed by atoms with van der Waals surface area (Å²) in [7, 11) is 0. The van der Waals surface area contributed by atoms with Gasteiger partial charge in [-0.15, -0.1) is 0 Å². The molecule has 0 amide bonds. The van der Waals surface area contributed by atoms with Crippen LogP contribution in [0.4, 0.5) is 0 Å². The molecule has 0 N–H and O–H groups in total. The molecular formula is C63H42. The monoisotopic (exact) mass is 798 g/mol. The van der Waals surface area contributed by atoms with Crippen LogP contribution in [0.2, 0.25) is 0 Å². The van der Waals surface area contributed by atoms with Crippen molar-refractivity contribution >= 4 is 32.3 Å². The summed E-state index contributed by atoms with van der Waals surface area (Å²) < 4.78 is 0. The Balaban J connectivity index is 1.00. The molecular weight excluding hydrogens is 757 g/mol. The van der Waals surface area contributed by atoms with Crippen LogP contribution in [0, 0.1) is 0 Å². The molecule has 0 radical (unpaired) electrons. The van der Waals surface area contributed by atoms with Gasteiger partial charge >= 0.3 is 0 Å². The van der Waals surface area contributed by atoms with Crippen LogP contribution in [0.1, 0.15) is 29.4 Å². The lowest BCUT2D eigenvalue weighted by Gasteiger charge is -2.21. The van der Waals surface area contributed by atoms with E-state index in [1.54, 1.807) is 0 Å². The number of fused-ring (bicyclic) bond motifs is 9. The quantitative estimate of drug-likeness (QED) is 0.147. The zero-order chi connectivity index (χ0) is 41.4. The highest BCUT2D eigenvalue weighted by atomic mass is 14.5. The number of rotatable bonds is 6. The second kappa shape index (κ2) is 14.4. The third-order valence-corrected chi connectivity index (χ3v) is 14.0. The van der Waals surface area contributed by atoms with Gasteiger partial charge in [0.05, 0.1) is 0 Å². The summed E-state index contributed by atoms with van der Waals surface area (Å²) in [6, 6.07) is 86.1. The SMILES string of the molecule is c1ccc(-c2ccc3c(-c4ccc(-c5ccc6ccccc6c5)cc4)c4cc(-c5ccccc5)ccc4c(-c4ccc(-c5ccc6c(c5)-c5ccccc5C5CC65)cc4)c3c2)cc1. The second-order valence-electron chi connectivity index (χ2n) is 17.6. The number of benzene rings is 11. The molecule has 294 valence electrons. The predicted molar refractivity (Wildman–Crippen MR) is 267 cm³/mol. The van der Waals surface area contributed by atoms with Crippen molar-refractivity contribution in [1.29, 1.82) is 0 Å². The zero-order valence-corrected chi connectivity index (χ0v) is 34.8. The van der Waals surface area contributed by atoms with Crippen LogP contribution >= 0.6 is 0 Å². The van der Waals surface area contributed by atoms with Gasteiger partial charge in [-0.2, -0.15) is 0 Å². The molecule has 11 aromatic rings. The van der Waals surface area contributed by atoms with Gasteiger partial charge in [-0.05, 0) is 164 Å². The van der Waals surface area contributed by atoms with Crippen LogP contribution < -0.4 is 0 Å². The molecule has 13 rings (SSSR count). The van der Waals surface area contributed by atoms with E-state index in [-0.39, 0.29) is 0 Å². The molecule has 0 nitrogen and oxygen atoms in total. The van der Waals surface area contributed by atoms with Crippen LogP contribution in [0.5, 0.6) is 0 Å². The van der Waals surface area contributed by atoms with Gasteiger partial charge in [0.2, 0.25) is 0 Å². The minimum atomic E-state index is 0.668. The second-order valence-corrected chi connectivity index (χ2v) is 17.6. The van der Waals surface area contributed by atoms with Gasteiger partial charge in [0.25, 0.3) is 0 Å². The molecule has 0 heterocycles. The predicted octanol–water partition coefficient (Wildman–Crippen LogP) is 17.4. The average molecular weight is 799 g/mol. The van der Waals surface area contributed by atoms with Gasteiger partial charge in [0, 0.05) is 0 Å². The first-order valence-electron chi connectivity index (χ1n) is 22.3. The molecule has 0 aromatic heterocycles. The molecule has 0 bridgehead atoms. The first-order chi connectivity index (χ1) is 31.2. The fraction of sp³-hybridized carbons (Fsp3) is 0.0476. The topological polar surface area (TPSA) is 0 Å². The van der Waals surface area contributed by atoms with Crippen LogP contribution in [0.25, 0.3) is 110 Å². The molecule has 2 atom stereocenters. The Kier molecular flexibility index (Phi) is 8.21. The third-order valence-electron chi connectivity index (χ3n) is 14.0. The third kappa shape index (κ3) is 6.05. The van der Waals surface area contributed by atoms with Crippen molar-refractivity contribution in [3.8, 4) is 77.9 Å². The first-order valence-corrected chi connectivity index (χ1v) is 22.3. The van der Waals surface area contributed by atoms with E-state index in [9.17, 15) is 0 Å². The lowest BCUT2D eigenvalue weighted by atomic mass is 9.83. The van der Waals surface area contributed by atoms with Crippen LogP contribution in [0.15, 0.2) is 231 Å². The molecule has 1 fully saturated rings. The summed E-state index contributed by atoms with van der Waals surface area (Å²) in [6.45, 7) is 0. The highest BCUT2D eigenvalue weighted by Crippen LogP contribution is 2.62. The summed E-state index contributed by atoms with van der Waals surface area (Å²) in [5.41, 5.74) is 20.6. The van der Waals surface area contributed by atoms with Crippen molar-refractivity contribution in [2.75, 3.05) is 0 Å². The Bertz CT molecular complexity index is 3560. The molecule has 2 aliphatic rings. The van der Waals surface area contributed by atoms with Crippen LogP contribution in [-0.4, -0.2) is 0 Å². The van der Waals surface area contributed by atoms with Gasteiger partial charge < -0.3 is 0 Å². The highest BCUT2D eigenvalue weighted by Gasteiger charge is 2.45. The molecule has 2 unspecified atom stereocenters. The average Bonchev–Trinajstić information content (AvgIpc) is 4.18. The van der Waals surface area contributed by atoms with Crippen molar-refractivity contribution in [2.45, 2.75) is 18.3 Å². The van der Waals surface area contributed by atoms with Gasteiger partial charge in [-0.25, -0.2) is 0 Å². The van der Waals surface area contributed by atoms with E-state index in [2.05, 4.69) is 231 Å². The molecule has 0 heteroatoms. The van der Waals surface area contributed by atoms with Crippen molar-refractivity contribution in [1.82, 2.24) is 0 Å². The van der Waals surface area contributed by atoms with E-state index >= 15 is 0 Å². The van der Waals surface area contributed by atoms with Crippen LogP contribution in [0.3, 0.4) is 0 Å². The summed E-state index contributed by atoms with van der Waals surface area (Å²) >= 11 is 0. The minimum Gasteiger partial charge on any atom is -0.0622 e. The summed E-state index contributed by atoms with van der Waals surface area (Å²) in [5.74, 6) is 1.36. The first kappa shape index (κ1) is 35.9. The van der Waals surface area contributed by atoms with E-state index < -0.39 is 0 Å². The Morgan fingerprint density at radius 3 is 1.25 bits per heavy atom. The van der Waals surface area contributed by atoms with Crippen molar-refractivity contribution in [3.05, 3.63) is 242 Å². The normalized spacial score (nSPS) is 14.9. The van der Waals surface area contributed by atoms with Crippen LogP contribution in [-0.2, 0) is 0 Å². The van der Waals surface area contributed by atoms with Crippen molar-refractivity contribution in [2.24, 2.45) is 0 Å². The van der Waals surface area contributed by atoms with Gasteiger partial charge in [0.1, 0.15) is 0 Å². The fourth-order valence-electron chi connectivity index (χ4n) is 10.7. The maximum absolute atomic E-state index is 2.44. The molecule has 2 aliphatic carbocycles. The van der Waals surface area contributed by atoms with Gasteiger partial charge in [0.15, 0.2) is 0 Å². The minimum absolute atomic E-state index is 0.668. The number of hydrogen-bond donors (Lipinski definition) is 0. The Labute approximate surface area is 368 Å². The maximum atomic E-state index is 2.44. The largest absolute Gasteiger partial charge is 0.0622 e. The Hall–Kier alpha value is -7.80. The number of hydrogen-bond acceptors (Lipinski definition) is 0. The lowest BCUT2D eigenvalue weighted by molar-refractivity contribution is 1.01. The Morgan fingerprint density at radius 1 is 0.238 bits per heavy atom. The van der Waals surface area contributed by atoms with E-state index in [1.807, 2.05) is 0 Å².